The van der Waals surface area contributed by atoms with Crippen LogP contribution in [0.25, 0.3) is 0 Å². The fraction of sp³-hybridized carbons (Fsp3) is 0.444. The molecule has 1 aromatic rings. The molecule has 7 heteroatoms. The van der Waals surface area contributed by atoms with Gasteiger partial charge < -0.3 is 15.5 Å². The first-order valence-corrected chi connectivity index (χ1v) is 4.74. The predicted molar refractivity (Wildman–Crippen MR) is 53.5 cm³/mol. The minimum absolute atomic E-state index is 0.117. The lowest BCUT2D eigenvalue weighted by Crippen LogP contribution is -2.43. The van der Waals surface area contributed by atoms with Crippen molar-refractivity contribution < 1.29 is 19.8 Å². The summed E-state index contributed by atoms with van der Waals surface area (Å²) < 4.78 is 1.56. The van der Waals surface area contributed by atoms with Crippen molar-refractivity contribution in [2.75, 3.05) is 6.61 Å². The summed E-state index contributed by atoms with van der Waals surface area (Å²) in [5.41, 5.74) is 0. The van der Waals surface area contributed by atoms with Crippen LogP contribution in [0, 0.1) is 0 Å². The first-order valence-electron chi connectivity index (χ1n) is 4.74. The third-order valence-corrected chi connectivity index (χ3v) is 1.94. The van der Waals surface area contributed by atoms with Crippen molar-refractivity contribution >= 4 is 11.9 Å². The third-order valence-electron chi connectivity index (χ3n) is 1.94. The van der Waals surface area contributed by atoms with E-state index in [9.17, 15) is 9.59 Å². The van der Waals surface area contributed by atoms with E-state index in [1.165, 1.54) is 0 Å². The molecule has 0 unspecified atom stereocenters. The van der Waals surface area contributed by atoms with Crippen LogP contribution in [-0.2, 0) is 16.1 Å². The zero-order valence-electron chi connectivity index (χ0n) is 8.54. The van der Waals surface area contributed by atoms with Crippen LogP contribution in [0.2, 0.25) is 0 Å². The molecule has 0 bridgehead atoms. The van der Waals surface area contributed by atoms with Crippen LogP contribution < -0.4 is 5.32 Å². The summed E-state index contributed by atoms with van der Waals surface area (Å²) in [5.74, 6) is -1.69. The van der Waals surface area contributed by atoms with Crippen LogP contribution in [0.15, 0.2) is 18.5 Å². The number of hydrogen-bond donors (Lipinski definition) is 3. The highest BCUT2D eigenvalue weighted by Crippen LogP contribution is 1.91. The van der Waals surface area contributed by atoms with E-state index in [0.717, 1.165) is 0 Å². The normalized spacial score (nSPS) is 12.1. The molecule has 0 aliphatic heterocycles. The Bertz CT molecular complexity index is 350. The van der Waals surface area contributed by atoms with Gasteiger partial charge >= 0.3 is 5.97 Å². The van der Waals surface area contributed by atoms with E-state index < -0.39 is 24.5 Å². The molecule has 7 nitrogen and oxygen atoms in total. The maximum atomic E-state index is 11.3. The lowest BCUT2D eigenvalue weighted by atomic mass is 10.3. The van der Waals surface area contributed by atoms with Crippen LogP contribution in [0.3, 0.4) is 0 Å². The zero-order chi connectivity index (χ0) is 12.0. The zero-order valence-corrected chi connectivity index (χ0v) is 8.54. The Morgan fingerprint density at radius 1 is 1.50 bits per heavy atom. The molecule has 1 heterocycles. The fourth-order valence-electron chi connectivity index (χ4n) is 1.10. The van der Waals surface area contributed by atoms with Gasteiger partial charge in [0, 0.05) is 25.4 Å². The number of carbonyl (C=O) groups excluding carboxylic acids is 1. The van der Waals surface area contributed by atoms with Gasteiger partial charge in [-0.1, -0.05) is 0 Å². The molecule has 1 aromatic heterocycles. The monoisotopic (exact) mass is 227 g/mol. The molecule has 0 saturated heterocycles. The quantitative estimate of drug-likeness (QED) is 0.568. The average molecular weight is 227 g/mol. The van der Waals surface area contributed by atoms with E-state index in [4.69, 9.17) is 10.2 Å². The average Bonchev–Trinajstić information content (AvgIpc) is 2.75. The van der Waals surface area contributed by atoms with Gasteiger partial charge in [-0.25, -0.2) is 4.79 Å². The molecule has 1 amide bonds. The van der Waals surface area contributed by atoms with E-state index in [-0.39, 0.29) is 6.42 Å². The number of carboxylic acid groups (broad SMARTS) is 1. The number of rotatable bonds is 6. The van der Waals surface area contributed by atoms with Crippen LogP contribution in [-0.4, -0.2) is 44.5 Å². The number of aliphatic carboxylic acids is 1. The van der Waals surface area contributed by atoms with Crippen LogP contribution in [0.5, 0.6) is 0 Å². The second kappa shape index (κ2) is 5.86. The molecule has 0 aliphatic carbocycles. The van der Waals surface area contributed by atoms with E-state index >= 15 is 0 Å². The van der Waals surface area contributed by atoms with Crippen molar-refractivity contribution in [2.24, 2.45) is 0 Å². The van der Waals surface area contributed by atoms with E-state index in [1.807, 2.05) is 0 Å². The predicted octanol–water partition coefficient (Wildman–Crippen LogP) is -1.17. The summed E-state index contributed by atoms with van der Waals surface area (Å²) in [6.45, 7) is -0.251. The first kappa shape index (κ1) is 12.2. The highest BCUT2D eigenvalue weighted by molar-refractivity contribution is 5.83. The molecular weight excluding hydrogens is 214 g/mol. The van der Waals surface area contributed by atoms with Gasteiger partial charge in [0.05, 0.1) is 6.61 Å². The molecule has 0 aromatic carbocycles. The summed E-state index contributed by atoms with van der Waals surface area (Å²) in [6, 6.07) is 0.483. The lowest BCUT2D eigenvalue weighted by Gasteiger charge is -2.11. The lowest BCUT2D eigenvalue weighted by molar-refractivity contribution is -0.143. The van der Waals surface area contributed by atoms with E-state index in [2.05, 4.69) is 10.4 Å². The van der Waals surface area contributed by atoms with Crippen LogP contribution in [0.1, 0.15) is 6.42 Å². The first-order chi connectivity index (χ1) is 7.63. The number of aromatic nitrogens is 2. The van der Waals surface area contributed by atoms with Gasteiger partial charge in [-0.2, -0.15) is 5.10 Å². The molecule has 0 saturated carbocycles. The van der Waals surface area contributed by atoms with Gasteiger partial charge in [0.15, 0.2) is 0 Å². The SMILES string of the molecule is O=C(CCn1cccn1)N[C@H](CO)C(=O)O. The van der Waals surface area contributed by atoms with Crippen molar-refractivity contribution in [3.63, 3.8) is 0 Å². The molecule has 88 valence electrons. The molecule has 0 fully saturated rings. The highest BCUT2D eigenvalue weighted by Gasteiger charge is 2.18. The number of aliphatic hydroxyl groups excluding tert-OH is 1. The minimum atomic E-state index is -1.25. The molecule has 3 N–H and O–H groups in total. The van der Waals surface area contributed by atoms with Gasteiger partial charge in [-0.15, -0.1) is 0 Å². The summed E-state index contributed by atoms with van der Waals surface area (Å²) in [7, 11) is 0. The molecule has 0 radical (unpaired) electrons. The standard InChI is InChI=1S/C9H13N3O4/c13-6-7(9(15)16)11-8(14)2-5-12-4-1-3-10-12/h1,3-4,7,13H,2,5-6H2,(H,11,14)(H,15,16)/t7-/m1/s1. The van der Waals surface area contributed by atoms with E-state index in [0.29, 0.717) is 6.54 Å². The van der Waals surface area contributed by atoms with Crippen molar-refractivity contribution in [2.45, 2.75) is 19.0 Å². The largest absolute Gasteiger partial charge is 0.480 e. The summed E-state index contributed by atoms with van der Waals surface area (Å²) >= 11 is 0. The fourth-order valence-corrected chi connectivity index (χ4v) is 1.10. The van der Waals surface area contributed by atoms with Crippen molar-refractivity contribution in [3.05, 3.63) is 18.5 Å². The summed E-state index contributed by atoms with van der Waals surface area (Å²) in [5, 5.41) is 23.4. The summed E-state index contributed by atoms with van der Waals surface area (Å²) in [4.78, 5) is 21.8. The maximum Gasteiger partial charge on any atom is 0.328 e. The molecule has 0 spiro atoms. The van der Waals surface area contributed by atoms with Gasteiger partial charge in [0.25, 0.3) is 0 Å². The molecule has 16 heavy (non-hydrogen) atoms. The second-order valence-electron chi connectivity index (χ2n) is 3.16. The number of aliphatic hydroxyl groups is 1. The van der Waals surface area contributed by atoms with Gasteiger partial charge in [0.1, 0.15) is 6.04 Å². The third kappa shape index (κ3) is 3.70. The van der Waals surface area contributed by atoms with Gasteiger partial charge in [0.2, 0.25) is 5.91 Å². The smallest absolute Gasteiger partial charge is 0.328 e. The minimum Gasteiger partial charge on any atom is -0.480 e. The Kier molecular flexibility index (Phi) is 4.46. The Hall–Kier alpha value is -1.89. The number of aryl methyl sites for hydroxylation is 1. The number of carbonyl (C=O) groups is 2. The van der Waals surface area contributed by atoms with E-state index in [1.54, 1.807) is 23.1 Å². The molecule has 0 aliphatic rings. The molecule has 1 atom stereocenters. The molecular formula is C9H13N3O4. The Morgan fingerprint density at radius 2 is 2.25 bits per heavy atom. The second-order valence-corrected chi connectivity index (χ2v) is 3.16. The van der Waals surface area contributed by atoms with Crippen LogP contribution >= 0.6 is 0 Å². The Morgan fingerprint density at radius 3 is 2.75 bits per heavy atom. The highest BCUT2D eigenvalue weighted by atomic mass is 16.4. The number of nitrogens with one attached hydrogen (secondary N) is 1. The van der Waals surface area contributed by atoms with Crippen LogP contribution in [0.4, 0.5) is 0 Å². The summed E-state index contributed by atoms with van der Waals surface area (Å²) in [6.07, 6.45) is 3.41. The maximum absolute atomic E-state index is 11.3. The Balaban J connectivity index is 2.33. The van der Waals surface area contributed by atoms with Crippen molar-refractivity contribution in [1.82, 2.24) is 15.1 Å². The van der Waals surface area contributed by atoms with Gasteiger partial charge in [-0.05, 0) is 6.07 Å². The number of nitrogens with zero attached hydrogens (tertiary/aromatic N) is 2. The van der Waals surface area contributed by atoms with Crippen molar-refractivity contribution in [1.29, 1.82) is 0 Å². The van der Waals surface area contributed by atoms with Gasteiger partial charge in [-0.3, -0.25) is 9.48 Å². The number of hydrogen-bond acceptors (Lipinski definition) is 4. The van der Waals surface area contributed by atoms with Crippen molar-refractivity contribution in [3.8, 4) is 0 Å². The topological polar surface area (TPSA) is 104 Å². The number of carboxylic acids is 1. The number of amides is 1. The molecule has 1 rings (SSSR count). The Labute approximate surface area is 91.7 Å².